The van der Waals surface area contributed by atoms with Crippen molar-refractivity contribution < 1.29 is 0 Å². The predicted molar refractivity (Wildman–Crippen MR) is 71.5 cm³/mol. The summed E-state index contributed by atoms with van der Waals surface area (Å²) in [4.78, 5) is 5.32. The second kappa shape index (κ2) is 4.78. The topological polar surface area (TPSA) is 56.8 Å². The van der Waals surface area contributed by atoms with Crippen LogP contribution in [0.4, 0.5) is 5.82 Å². The molecule has 1 atom stereocenters. The van der Waals surface area contributed by atoms with Gasteiger partial charge in [-0.2, -0.15) is 0 Å². The van der Waals surface area contributed by atoms with Gasteiger partial charge >= 0.3 is 0 Å². The van der Waals surface area contributed by atoms with Crippen molar-refractivity contribution in [2.75, 3.05) is 24.5 Å². The quantitative estimate of drug-likeness (QED) is 0.834. The molecule has 5 nitrogen and oxygen atoms in total. The molecule has 3 rings (SSSR count). The highest BCUT2D eigenvalue weighted by Crippen LogP contribution is 2.19. The normalized spacial score (nSPS) is 20.1. The minimum absolute atomic E-state index is 0.464. The Labute approximate surface area is 106 Å². The van der Waals surface area contributed by atoms with Crippen LogP contribution in [0, 0.1) is 0 Å². The summed E-state index contributed by atoms with van der Waals surface area (Å²) in [6.07, 6.45) is 3.82. The molecule has 0 radical (unpaired) electrons. The average Bonchev–Trinajstić information content (AvgIpc) is 2.94. The van der Waals surface area contributed by atoms with Gasteiger partial charge in [-0.1, -0.05) is 0 Å². The van der Waals surface area contributed by atoms with E-state index in [1.807, 2.05) is 24.5 Å². The number of H-pyrrole nitrogens is 1. The van der Waals surface area contributed by atoms with Crippen LogP contribution in [0.2, 0.25) is 0 Å². The Hall–Kier alpha value is -1.88. The van der Waals surface area contributed by atoms with Gasteiger partial charge in [0.1, 0.15) is 0 Å². The van der Waals surface area contributed by atoms with Crippen LogP contribution in [0.25, 0.3) is 11.3 Å². The molecular weight excluding hydrogens is 226 g/mol. The van der Waals surface area contributed by atoms with Gasteiger partial charge < -0.3 is 15.2 Å². The first-order valence-electron chi connectivity index (χ1n) is 6.29. The van der Waals surface area contributed by atoms with Gasteiger partial charge in [0, 0.05) is 43.6 Å². The molecule has 0 spiro atoms. The first-order chi connectivity index (χ1) is 8.84. The molecule has 0 amide bonds. The molecule has 18 heavy (non-hydrogen) atoms. The summed E-state index contributed by atoms with van der Waals surface area (Å²) in [7, 11) is 0. The lowest BCUT2D eigenvalue weighted by Crippen LogP contribution is -2.50. The van der Waals surface area contributed by atoms with Gasteiger partial charge in [-0.05, 0) is 25.1 Å². The van der Waals surface area contributed by atoms with E-state index in [-0.39, 0.29) is 0 Å². The van der Waals surface area contributed by atoms with E-state index in [2.05, 4.69) is 38.4 Å². The number of hydrogen-bond acceptors (Lipinski definition) is 4. The third-order valence-corrected chi connectivity index (χ3v) is 3.34. The van der Waals surface area contributed by atoms with E-state index >= 15 is 0 Å². The standard InChI is InChI=1S/C13H17N5/c1-10-8-15-6-7-18(10)13-3-2-12(16-17-13)11-4-5-14-9-11/h2-5,9-10,14-15H,6-8H2,1H3. The van der Waals surface area contributed by atoms with E-state index in [4.69, 9.17) is 0 Å². The fourth-order valence-electron chi connectivity index (χ4n) is 2.30. The van der Waals surface area contributed by atoms with Crippen molar-refractivity contribution in [2.45, 2.75) is 13.0 Å². The van der Waals surface area contributed by atoms with E-state index in [1.54, 1.807) is 0 Å². The highest BCUT2D eigenvalue weighted by Gasteiger charge is 2.19. The summed E-state index contributed by atoms with van der Waals surface area (Å²) in [6.45, 7) is 5.19. The molecule has 1 aliphatic rings. The minimum atomic E-state index is 0.464. The zero-order chi connectivity index (χ0) is 12.4. The van der Waals surface area contributed by atoms with Crippen LogP contribution in [0.5, 0.6) is 0 Å². The summed E-state index contributed by atoms with van der Waals surface area (Å²) >= 11 is 0. The summed E-state index contributed by atoms with van der Waals surface area (Å²) in [6, 6.07) is 6.54. The molecule has 0 bridgehead atoms. The summed E-state index contributed by atoms with van der Waals surface area (Å²) in [5, 5.41) is 12.0. The predicted octanol–water partition coefficient (Wildman–Crippen LogP) is 1.27. The Balaban J connectivity index is 1.82. The van der Waals surface area contributed by atoms with E-state index in [1.165, 1.54) is 0 Å². The highest BCUT2D eigenvalue weighted by molar-refractivity contribution is 5.58. The summed E-state index contributed by atoms with van der Waals surface area (Å²) < 4.78 is 0. The monoisotopic (exact) mass is 243 g/mol. The van der Waals surface area contributed by atoms with Crippen LogP contribution < -0.4 is 10.2 Å². The molecule has 5 heteroatoms. The van der Waals surface area contributed by atoms with Crippen molar-refractivity contribution >= 4 is 5.82 Å². The van der Waals surface area contributed by atoms with Crippen LogP contribution in [-0.4, -0.2) is 40.9 Å². The highest BCUT2D eigenvalue weighted by atomic mass is 15.3. The second-order valence-corrected chi connectivity index (χ2v) is 4.62. The minimum Gasteiger partial charge on any atom is -0.367 e. The number of aromatic amines is 1. The maximum atomic E-state index is 4.34. The molecule has 1 unspecified atom stereocenters. The first-order valence-corrected chi connectivity index (χ1v) is 6.29. The number of aromatic nitrogens is 3. The molecule has 1 aliphatic heterocycles. The number of rotatable bonds is 2. The first kappa shape index (κ1) is 11.2. The lowest BCUT2D eigenvalue weighted by molar-refractivity contribution is 0.495. The van der Waals surface area contributed by atoms with Crippen LogP contribution in [0.3, 0.4) is 0 Å². The number of nitrogens with zero attached hydrogens (tertiary/aromatic N) is 3. The molecule has 2 N–H and O–H groups in total. The Morgan fingerprint density at radius 2 is 2.22 bits per heavy atom. The lowest BCUT2D eigenvalue weighted by Gasteiger charge is -2.34. The fourth-order valence-corrected chi connectivity index (χ4v) is 2.30. The van der Waals surface area contributed by atoms with Crippen LogP contribution in [0.1, 0.15) is 6.92 Å². The third-order valence-electron chi connectivity index (χ3n) is 3.34. The van der Waals surface area contributed by atoms with E-state index < -0.39 is 0 Å². The molecule has 1 saturated heterocycles. The Morgan fingerprint density at radius 1 is 1.28 bits per heavy atom. The van der Waals surface area contributed by atoms with Crippen LogP contribution in [0.15, 0.2) is 30.6 Å². The number of anilines is 1. The lowest BCUT2D eigenvalue weighted by atomic mass is 10.2. The van der Waals surface area contributed by atoms with Gasteiger partial charge in [-0.3, -0.25) is 0 Å². The van der Waals surface area contributed by atoms with Gasteiger partial charge in [0.2, 0.25) is 0 Å². The van der Waals surface area contributed by atoms with Crippen molar-refractivity contribution in [3.8, 4) is 11.3 Å². The Morgan fingerprint density at radius 3 is 2.89 bits per heavy atom. The largest absolute Gasteiger partial charge is 0.367 e. The molecule has 3 heterocycles. The van der Waals surface area contributed by atoms with Crippen LogP contribution >= 0.6 is 0 Å². The number of hydrogen-bond donors (Lipinski definition) is 2. The van der Waals surface area contributed by atoms with E-state index in [0.29, 0.717) is 6.04 Å². The maximum absolute atomic E-state index is 4.34. The van der Waals surface area contributed by atoms with Gasteiger partial charge in [0.05, 0.1) is 5.69 Å². The molecule has 0 aromatic carbocycles. The maximum Gasteiger partial charge on any atom is 0.151 e. The Bertz CT molecular complexity index is 491. The van der Waals surface area contributed by atoms with Crippen molar-refractivity contribution in [1.82, 2.24) is 20.5 Å². The van der Waals surface area contributed by atoms with Gasteiger partial charge in [0.15, 0.2) is 5.82 Å². The SMILES string of the molecule is CC1CNCCN1c1ccc(-c2cc[nH]c2)nn1. The van der Waals surface area contributed by atoms with Gasteiger partial charge in [-0.15, -0.1) is 10.2 Å². The van der Waals surface area contributed by atoms with Gasteiger partial charge in [0.25, 0.3) is 0 Å². The molecule has 2 aromatic heterocycles. The third kappa shape index (κ3) is 2.09. The molecule has 2 aromatic rings. The second-order valence-electron chi connectivity index (χ2n) is 4.62. The van der Waals surface area contributed by atoms with Crippen LogP contribution in [-0.2, 0) is 0 Å². The van der Waals surface area contributed by atoms with Crippen molar-refractivity contribution in [1.29, 1.82) is 0 Å². The van der Waals surface area contributed by atoms with E-state index in [0.717, 1.165) is 36.7 Å². The fraction of sp³-hybridized carbons (Fsp3) is 0.385. The molecular formula is C13H17N5. The van der Waals surface area contributed by atoms with E-state index in [9.17, 15) is 0 Å². The smallest absolute Gasteiger partial charge is 0.151 e. The molecule has 0 aliphatic carbocycles. The zero-order valence-corrected chi connectivity index (χ0v) is 10.4. The molecule has 94 valence electrons. The number of nitrogens with one attached hydrogen (secondary N) is 2. The summed E-state index contributed by atoms with van der Waals surface area (Å²) in [5.74, 6) is 0.961. The van der Waals surface area contributed by atoms with Gasteiger partial charge in [-0.25, -0.2) is 0 Å². The number of piperazine rings is 1. The summed E-state index contributed by atoms with van der Waals surface area (Å²) in [5.41, 5.74) is 1.98. The molecule has 0 saturated carbocycles. The van der Waals surface area contributed by atoms with Crippen molar-refractivity contribution in [2.24, 2.45) is 0 Å². The van der Waals surface area contributed by atoms with Crippen molar-refractivity contribution in [3.63, 3.8) is 0 Å². The zero-order valence-electron chi connectivity index (χ0n) is 10.4. The molecule has 1 fully saturated rings. The van der Waals surface area contributed by atoms with Crippen molar-refractivity contribution in [3.05, 3.63) is 30.6 Å². The Kier molecular flexibility index (Phi) is 2.98. The average molecular weight is 243 g/mol.